The third-order valence-corrected chi connectivity index (χ3v) is 3.84. The van der Waals surface area contributed by atoms with Gasteiger partial charge >= 0.3 is 0 Å². The summed E-state index contributed by atoms with van der Waals surface area (Å²) in [7, 11) is 3.46. The number of hydrogen-bond acceptors (Lipinski definition) is 2. The Hall–Kier alpha value is -1.09. The molecule has 2 rings (SSSR count). The predicted octanol–water partition coefficient (Wildman–Crippen LogP) is 2.87. The van der Waals surface area contributed by atoms with Gasteiger partial charge in [-0.2, -0.15) is 0 Å². The number of likely N-dealkylation sites (N-methyl/N-ethyl adjacent to an activating group) is 1. The molecule has 0 aromatic heterocycles. The topological polar surface area (TPSA) is 21.3 Å². The van der Waals surface area contributed by atoms with Crippen LogP contribution in [0.2, 0.25) is 0 Å². The Kier molecular flexibility index (Phi) is 3.67. The summed E-state index contributed by atoms with van der Waals surface area (Å²) < 4.78 is 18.7. The van der Waals surface area contributed by atoms with Crippen molar-refractivity contribution in [3.05, 3.63) is 29.6 Å². The lowest BCUT2D eigenvalue weighted by atomic mass is 9.79. The molecule has 0 aliphatic heterocycles. The monoisotopic (exact) mass is 237 g/mol. The average Bonchev–Trinajstić information content (AvgIpc) is 2.79. The summed E-state index contributed by atoms with van der Waals surface area (Å²) in [6.07, 6.45) is 4.74. The molecule has 0 radical (unpaired) electrons. The fourth-order valence-corrected chi connectivity index (χ4v) is 2.95. The predicted molar refractivity (Wildman–Crippen MR) is 67.0 cm³/mol. The molecular weight excluding hydrogens is 217 g/mol. The Balaban J connectivity index is 2.33. The van der Waals surface area contributed by atoms with Crippen molar-refractivity contribution in [3.63, 3.8) is 0 Å². The van der Waals surface area contributed by atoms with E-state index >= 15 is 0 Å². The molecule has 94 valence electrons. The maximum absolute atomic E-state index is 13.8. The zero-order valence-corrected chi connectivity index (χ0v) is 10.6. The van der Waals surface area contributed by atoms with Crippen molar-refractivity contribution in [2.24, 2.45) is 0 Å². The van der Waals surface area contributed by atoms with E-state index < -0.39 is 0 Å². The zero-order valence-electron chi connectivity index (χ0n) is 10.6. The summed E-state index contributed by atoms with van der Waals surface area (Å²) in [4.78, 5) is 0. The SMILES string of the molecule is CNCC1(c2ccc(OC)c(F)c2)CCCC1. The second-order valence-electron chi connectivity index (χ2n) is 4.87. The first-order valence-electron chi connectivity index (χ1n) is 6.20. The second kappa shape index (κ2) is 5.05. The number of rotatable bonds is 4. The summed E-state index contributed by atoms with van der Waals surface area (Å²) in [6.45, 7) is 0.915. The molecule has 1 N–H and O–H groups in total. The van der Waals surface area contributed by atoms with Crippen LogP contribution in [-0.4, -0.2) is 20.7 Å². The Morgan fingerprint density at radius 1 is 1.35 bits per heavy atom. The van der Waals surface area contributed by atoms with Crippen LogP contribution in [0.3, 0.4) is 0 Å². The molecule has 0 bridgehead atoms. The molecule has 1 aliphatic carbocycles. The molecule has 3 heteroatoms. The number of halogens is 1. The highest BCUT2D eigenvalue weighted by molar-refractivity contribution is 5.35. The van der Waals surface area contributed by atoms with E-state index in [1.807, 2.05) is 13.1 Å². The summed E-state index contributed by atoms with van der Waals surface area (Å²) in [6, 6.07) is 5.38. The molecule has 0 spiro atoms. The number of benzene rings is 1. The van der Waals surface area contributed by atoms with Crippen LogP contribution in [0.25, 0.3) is 0 Å². The summed E-state index contributed by atoms with van der Waals surface area (Å²) in [5, 5.41) is 3.24. The fourth-order valence-electron chi connectivity index (χ4n) is 2.95. The first kappa shape index (κ1) is 12.4. The largest absolute Gasteiger partial charge is 0.494 e. The van der Waals surface area contributed by atoms with Gasteiger partial charge in [-0.3, -0.25) is 0 Å². The van der Waals surface area contributed by atoms with Gasteiger partial charge in [0.25, 0.3) is 0 Å². The third-order valence-electron chi connectivity index (χ3n) is 3.84. The Morgan fingerprint density at radius 2 is 2.06 bits per heavy atom. The summed E-state index contributed by atoms with van der Waals surface area (Å²) in [5.74, 6) is 0.0683. The summed E-state index contributed by atoms with van der Waals surface area (Å²) >= 11 is 0. The fraction of sp³-hybridized carbons (Fsp3) is 0.571. The van der Waals surface area contributed by atoms with Crippen LogP contribution in [0.1, 0.15) is 31.2 Å². The van der Waals surface area contributed by atoms with Crippen LogP contribution < -0.4 is 10.1 Å². The highest BCUT2D eigenvalue weighted by Crippen LogP contribution is 2.41. The van der Waals surface area contributed by atoms with Crippen molar-refractivity contribution >= 4 is 0 Å². The Labute approximate surface area is 102 Å². The van der Waals surface area contributed by atoms with Crippen molar-refractivity contribution in [1.29, 1.82) is 0 Å². The minimum Gasteiger partial charge on any atom is -0.494 e. The van der Waals surface area contributed by atoms with Crippen molar-refractivity contribution in [2.75, 3.05) is 20.7 Å². The van der Waals surface area contributed by atoms with Gasteiger partial charge in [0.2, 0.25) is 0 Å². The Morgan fingerprint density at radius 3 is 2.59 bits per heavy atom. The first-order valence-corrected chi connectivity index (χ1v) is 6.20. The van der Waals surface area contributed by atoms with Crippen LogP contribution in [0.4, 0.5) is 4.39 Å². The molecular formula is C14H20FNO. The van der Waals surface area contributed by atoms with Crippen LogP contribution in [0.5, 0.6) is 5.75 Å². The van der Waals surface area contributed by atoms with E-state index in [0.717, 1.165) is 24.9 Å². The quantitative estimate of drug-likeness (QED) is 0.869. The van der Waals surface area contributed by atoms with Crippen molar-refractivity contribution < 1.29 is 9.13 Å². The molecule has 0 unspecified atom stereocenters. The molecule has 0 saturated heterocycles. The van der Waals surface area contributed by atoms with E-state index in [1.54, 1.807) is 12.1 Å². The van der Waals surface area contributed by atoms with E-state index in [1.165, 1.54) is 20.0 Å². The second-order valence-corrected chi connectivity index (χ2v) is 4.87. The highest BCUT2D eigenvalue weighted by Gasteiger charge is 2.35. The van der Waals surface area contributed by atoms with Gasteiger partial charge in [-0.1, -0.05) is 18.9 Å². The van der Waals surface area contributed by atoms with E-state index in [-0.39, 0.29) is 11.2 Å². The van der Waals surface area contributed by atoms with Gasteiger partial charge in [0.15, 0.2) is 11.6 Å². The zero-order chi connectivity index (χ0) is 12.3. The van der Waals surface area contributed by atoms with Crippen LogP contribution in [-0.2, 0) is 5.41 Å². The summed E-state index contributed by atoms with van der Waals surface area (Å²) in [5.41, 5.74) is 1.21. The lowest BCUT2D eigenvalue weighted by molar-refractivity contribution is 0.380. The van der Waals surface area contributed by atoms with Crippen LogP contribution in [0, 0.1) is 5.82 Å². The molecule has 1 aliphatic rings. The van der Waals surface area contributed by atoms with Crippen LogP contribution >= 0.6 is 0 Å². The van der Waals surface area contributed by atoms with Gasteiger partial charge < -0.3 is 10.1 Å². The normalized spacial score (nSPS) is 18.3. The van der Waals surface area contributed by atoms with Gasteiger partial charge in [0, 0.05) is 12.0 Å². The van der Waals surface area contributed by atoms with Crippen molar-refractivity contribution in [3.8, 4) is 5.75 Å². The highest BCUT2D eigenvalue weighted by atomic mass is 19.1. The number of nitrogens with one attached hydrogen (secondary N) is 1. The Bertz CT molecular complexity index is 386. The smallest absolute Gasteiger partial charge is 0.165 e. The van der Waals surface area contributed by atoms with E-state index in [0.29, 0.717) is 5.75 Å². The minimum atomic E-state index is -0.257. The van der Waals surface area contributed by atoms with Gasteiger partial charge in [-0.25, -0.2) is 4.39 Å². The number of methoxy groups -OCH3 is 1. The molecule has 2 nitrogen and oxygen atoms in total. The molecule has 1 aromatic rings. The van der Waals surface area contributed by atoms with Gasteiger partial charge in [0.1, 0.15) is 0 Å². The van der Waals surface area contributed by atoms with Crippen molar-refractivity contribution in [2.45, 2.75) is 31.1 Å². The van der Waals surface area contributed by atoms with Gasteiger partial charge in [-0.15, -0.1) is 0 Å². The maximum atomic E-state index is 13.8. The molecule has 1 aromatic carbocycles. The first-order chi connectivity index (χ1) is 8.22. The minimum absolute atomic E-state index is 0.113. The maximum Gasteiger partial charge on any atom is 0.165 e. The molecule has 0 amide bonds. The average molecular weight is 237 g/mol. The van der Waals surface area contributed by atoms with Gasteiger partial charge in [0.05, 0.1) is 7.11 Å². The molecule has 0 atom stereocenters. The lowest BCUT2D eigenvalue weighted by Crippen LogP contribution is -2.34. The van der Waals surface area contributed by atoms with Crippen molar-refractivity contribution in [1.82, 2.24) is 5.32 Å². The molecule has 17 heavy (non-hydrogen) atoms. The van der Waals surface area contributed by atoms with Gasteiger partial charge in [-0.05, 0) is 37.6 Å². The standard InChI is InChI=1S/C14H20FNO/c1-16-10-14(7-3-4-8-14)11-5-6-13(17-2)12(15)9-11/h5-6,9,16H,3-4,7-8,10H2,1-2H3. The molecule has 0 heterocycles. The van der Waals surface area contributed by atoms with E-state index in [2.05, 4.69) is 5.32 Å². The third kappa shape index (κ3) is 2.29. The molecule has 1 saturated carbocycles. The number of ether oxygens (including phenoxy) is 1. The van der Waals surface area contributed by atoms with E-state index in [4.69, 9.17) is 4.74 Å². The number of hydrogen-bond donors (Lipinski definition) is 1. The van der Waals surface area contributed by atoms with Crippen LogP contribution in [0.15, 0.2) is 18.2 Å². The molecule has 1 fully saturated rings. The van der Waals surface area contributed by atoms with E-state index in [9.17, 15) is 4.39 Å². The lowest BCUT2D eigenvalue weighted by Gasteiger charge is -2.29.